The predicted octanol–water partition coefficient (Wildman–Crippen LogP) is 4.57. The third kappa shape index (κ3) is 4.37. The Morgan fingerprint density at radius 1 is 0.897 bits per heavy atom. The first-order valence-corrected chi connectivity index (χ1v) is 12.5. The van der Waals surface area contributed by atoms with E-state index in [1.165, 1.54) is 32.4 Å². The summed E-state index contributed by atoms with van der Waals surface area (Å²) < 4.78 is 25.5. The molecule has 2 N–H and O–H groups in total. The number of para-hydroxylation sites is 1. The lowest BCUT2D eigenvalue weighted by Crippen LogP contribution is -2.46. The Balaban J connectivity index is 1.84. The lowest BCUT2D eigenvalue weighted by molar-refractivity contribution is -0.150. The largest absolute Gasteiger partial charge is 0.468 e. The van der Waals surface area contributed by atoms with Crippen molar-refractivity contribution in [1.29, 1.82) is 0 Å². The number of ether oxygens (including phenoxy) is 2. The maximum atomic E-state index is 15.4. The maximum Gasteiger partial charge on any atom is 0.338 e. The number of allylic oxidation sites excluding steroid dienone is 2. The lowest BCUT2D eigenvalue weighted by atomic mass is 9.67. The number of halogens is 1. The van der Waals surface area contributed by atoms with Crippen LogP contribution in [0.15, 0.2) is 108 Å². The van der Waals surface area contributed by atoms with Crippen molar-refractivity contribution in [3.05, 3.63) is 125 Å². The van der Waals surface area contributed by atoms with Gasteiger partial charge < -0.3 is 15.2 Å². The number of hydrogen-bond donors (Lipinski definition) is 1. The molecule has 8 heteroatoms. The number of Topliss-reactive ketones (excluding diaryl/α,β-unsaturated/α-hetero) is 1. The predicted molar refractivity (Wildman–Crippen MR) is 143 cm³/mol. The minimum absolute atomic E-state index is 0.0242. The van der Waals surface area contributed by atoms with Gasteiger partial charge in [-0.15, -0.1) is 0 Å². The highest BCUT2D eigenvalue weighted by molar-refractivity contribution is 6.14. The van der Waals surface area contributed by atoms with Crippen LogP contribution < -0.4 is 10.6 Å². The molecule has 1 heterocycles. The van der Waals surface area contributed by atoms with Crippen molar-refractivity contribution < 1.29 is 28.2 Å². The van der Waals surface area contributed by atoms with Gasteiger partial charge in [-0.1, -0.05) is 66.7 Å². The highest BCUT2D eigenvalue weighted by Crippen LogP contribution is 2.51. The number of anilines is 1. The first kappa shape index (κ1) is 25.9. The van der Waals surface area contributed by atoms with Crippen LogP contribution in [0.25, 0.3) is 0 Å². The summed E-state index contributed by atoms with van der Waals surface area (Å²) in [4.78, 5) is 42.5. The van der Waals surface area contributed by atoms with E-state index in [4.69, 9.17) is 15.2 Å². The van der Waals surface area contributed by atoms with E-state index < -0.39 is 41.3 Å². The third-order valence-corrected chi connectivity index (χ3v) is 7.36. The van der Waals surface area contributed by atoms with Gasteiger partial charge in [-0.2, -0.15) is 0 Å². The molecule has 0 amide bonds. The molecule has 0 bridgehead atoms. The Hall–Kier alpha value is -4.72. The van der Waals surface area contributed by atoms with Gasteiger partial charge in [0, 0.05) is 28.4 Å². The van der Waals surface area contributed by atoms with Crippen LogP contribution in [0.1, 0.15) is 29.4 Å². The van der Waals surface area contributed by atoms with Gasteiger partial charge in [0.05, 0.1) is 25.7 Å². The van der Waals surface area contributed by atoms with Crippen molar-refractivity contribution in [2.75, 3.05) is 19.1 Å². The Bertz CT molecular complexity index is 1500. The highest BCUT2D eigenvalue weighted by atomic mass is 19.1. The van der Waals surface area contributed by atoms with E-state index in [1.807, 2.05) is 36.4 Å². The van der Waals surface area contributed by atoms with Crippen molar-refractivity contribution in [3.63, 3.8) is 0 Å². The molecule has 1 aliphatic heterocycles. The normalized spacial score (nSPS) is 20.9. The fourth-order valence-corrected chi connectivity index (χ4v) is 5.64. The molecular formula is C31H27FN2O5. The highest BCUT2D eigenvalue weighted by Gasteiger charge is 2.51. The Labute approximate surface area is 225 Å². The molecule has 0 saturated carbocycles. The fraction of sp³-hybridized carbons (Fsp3) is 0.194. The molecule has 0 unspecified atom stereocenters. The molecule has 0 radical (unpaired) electrons. The number of nitrogens with two attached hydrogens (primary N) is 1. The van der Waals surface area contributed by atoms with E-state index >= 15 is 4.39 Å². The van der Waals surface area contributed by atoms with Crippen LogP contribution in [0.3, 0.4) is 0 Å². The third-order valence-electron chi connectivity index (χ3n) is 7.36. The summed E-state index contributed by atoms with van der Waals surface area (Å²) in [7, 11) is 2.42. The van der Waals surface area contributed by atoms with Crippen molar-refractivity contribution in [2.24, 2.45) is 11.7 Å². The van der Waals surface area contributed by atoms with E-state index in [2.05, 4.69) is 0 Å². The topological polar surface area (TPSA) is 98.9 Å². The molecule has 0 fully saturated rings. The van der Waals surface area contributed by atoms with Crippen molar-refractivity contribution in [3.8, 4) is 0 Å². The SMILES string of the molecule is COC(=O)C1=C(N)N(c2ccccc2)C2=C(C(=O)[C@H](C(=O)OC)[C@@H](c3ccccc3)C2)[C@H]1c1ccccc1F. The van der Waals surface area contributed by atoms with Crippen LogP contribution in [0.2, 0.25) is 0 Å². The van der Waals surface area contributed by atoms with Crippen LogP contribution >= 0.6 is 0 Å². The van der Waals surface area contributed by atoms with Gasteiger partial charge in [0.25, 0.3) is 0 Å². The second kappa shape index (κ2) is 10.6. The monoisotopic (exact) mass is 526 g/mol. The van der Waals surface area contributed by atoms with E-state index in [9.17, 15) is 14.4 Å². The summed E-state index contributed by atoms with van der Waals surface area (Å²) in [5.74, 6) is -5.64. The van der Waals surface area contributed by atoms with Crippen LogP contribution in [-0.4, -0.2) is 31.9 Å². The van der Waals surface area contributed by atoms with Gasteiger partial charge in [0.2, 0.25) is 0 Å². The zero-order valence-electron chi connectivity index (χ0n) is 21.5. The number of hydrogen-bond acceptors (Lipinski definition) is 7. The zero-order valence-corrected chi connectivity index (χ0v) is 21.5. The van der Waals surface area contributed by atoms with Gasteiger partial charge in [-0.25, -0.2) is 9.18 Å². The molecule has 3 aromatic carbocycles. The van der Waals surface area contributed by atoms with Gasteiger partial charge in [-0.3, -0.25) is 14.5 Å². The molecule has 0 aromatic heterocycles. The van der Waals surface area contributed by atoms with E-state index in [0.717, 1.165) is 5.56 Å². The van der Waals surface area contributed by atoms with Gasteiger partial charge in [-0.05, 0) is 30.2 Å². The summed E-state index contributed by atoms with van der Waals surface area (Å²) in [6.07, 6.45) is 0.208. The quantitative estimate of drug-likeness (QED) is 0.384. The van der Waals surface area contributed by atoms with E-state index in [-0.39, 0.29) is 29.0 Å². The van der Waals surface area contributed by atoms with Crippen molar-refractivity contribution in [2.45, 2.75) is 18.3 Å². The van der Waals surface area contributed by atoms with Gasteiger partial charge >= 0.3 is 11.9 Å². The first-order chi connectivity index (χ1) is 18.9. The number of nitrogens with zero attached hydrogens (tertiary/aromatic N) is 1. The molecule has 3 aromatic rings. The van der Waals surface area contributed by atoms with Crippen LogP contribution in [0, 0.1) is 11.7 Å². The number of rotatable bonds is 5. The summed E-state index contributed by atoms with van der Waals surface area (Å²) in [6.45, 7) is 0. The standard InChI is InChI=1S/C31H27FN2O5/c1-38-30(36)25-21(18-11-5-3-6-12-18)17-23-26(28(25)35)24(20-15-9-10-16-22(20)32)27(31(37)39-2)29(33)34(23)19-13-7-4-8-14-19/h3-16,21,24-25H,17,33H2,1-2H3/t21-,24-,25-/m1/s1. The summed E-state index contributed by atoms with van der Waals surface area (Å²) in [5, 5.41) is 0. The minimum atomic E-state index is -1.21. The first-order valence-electron chi connectivity index (χ1n) is 12.5. The minimum Gasteiger partial charge on any atom is -0.468 e. The van der Waals surface area contributed by atoms with Gasteiger partial charge in [0.1, 0.15) is 17.6 Å². The van der Waals surface area contributed by atoms with Crippen LogP contribution in [-0.2, 0) is 23.9 Å². The van der Waals surface area contributed by atoms with E-state index in [1.54, 1.807) is 35.2 Å². The molecule has 5 rings (SSSR count). The maximum absolute atomic E-state index is 15.4. The number of ketones is 1. The van der Waals surface area contributed by atoms with Crippen LogP contribution in [0.5, 0.6) is 0 Å². The average Bonchev–Trinajstić information content (AvgIpc) is 2.97. The number of carbonyl (C=O) groups is 3. The Morgan fingerprint density at radius 3 is 2.13 bits per heavy atom. The number of carbonyl (C=O) groups excluding carboxylic acids is 3. The summed E-state index contributed by atoms with van der Waals surface area (Å²) >= 11 is 0. The smallest absolute Gasteiger partial charge is 0.338 e. The molecule has 0 saturated heterocycles. The summed E-state index contributed by atoms with van der Waals surface area (Å²) in [6, 6.07) is 24.1. The zero-order chi connectivity index (χ0) is 27.7. The number of esters is 2. The molecule has 0 spiro atoms. The van der Waals surface area contributed by atoms with Crippen molar-refractivity contribution >= 4 is 23.4 Å². The van der Waals surface area contributed by atoms with Crippen LogP contribution in [0.4, 0.5) is 10.1 Å². The Morgan fingerprint density at radius 2 is 1.51 bits per heavy atom. The molecule has 7 nitrogen and oxygen atoms in total. The summed E-state index contributed by atoms with van der Waals surface area (Å²) in [5.41, 5.74) is 8.68. The second-order valence-electron chi connectivity index (χ2n) is 9.36. The number of methoxy groups -OCH3 is 2. The van der Waals surface area contributed by atoms with Crippen molar-refractivity contribution in [1.82, 2.24) is 0 Å². The molecule has 198 valence electrons. The fourth-order valence-electron chi connectivity index (χ4n) is 5.64. The second-order valence-corrected chi connectivity index (χ2v) is 9.36. The molecule has 3 atom stereocenters. The molecule has 2 aliphatic rings. The lowest BCUT2D eigenvalue weighted by Gasteiger charge is -2.44. The molecular weight excluding hydrogens is 499 g/mol. The molecule has 1 aliphatic carbocycles. The average molecular weight is 527 g/mol. The Kier molecular flexibility index (Phi) is 7.02. The van der Waals surface area contributed by atoms with E-state index in [0.29, 0.717) is 11.4 Å². The van der Waals surface area contributed by atoms with Gasteiger partial charge in [0.15, 0.2) is 5.78 Å². The molecule has 39 heavy (non-hydrogen) atoms. The number of benzene rings is 3.